The van der Waals surface area contributed by atoms with Gasteiger partial charge in [0.05, 0.1) is 6.54 Å². The van der Waals surface area contributed by atoms with E-state index in [4.69, 9.17) is 9.52 Å². The van der Waals surface area contributed by atoms with Gasteiger partial charge in [-0.2, -0.15) is 4.98 Å². The highest BCUT2D eigenvalue weighted by molar-refractivity contribution is 5.84. The third-order valence-electron chi connectivity index (χ3n) is 2.53. The first-order valence-electron chi connectivity index (χ1n) is 5.34. The minimum Gasteiger partial charge on any atom is -0.475 e. The van der Waals surface area contributed by atoms with E-state index in [1.165, 1.54) is 16.7 Å². The zero-order chi connectivity index (χ0) is 13.3. The SMILES string of the molecule is Cc1cc(C)n(Cc2ccc(C(=O)O)o2)c(=O)n1. The fraction of sp³-hybridized carbons (Fsp3) is 0.250. The smallest absolute Gasteiger partial charge is 0.371 e. The van der Waals surface area contributed by atoms with Crippen molar-refractivity contribution >= 4 is 5.97 Å². The number of carbonyl (C=O) groups is 1. The summed E-state index contributed by atoms with van der Waals surface area (Å²) in [7, 11) is 0. The van der Waals surface area contributed by atoms with Crippen molar-refractivity contribution in [1.82, 2.24) is 9.55 Å². The third-order valence-corrected chi connectivity index (χ3v) is 2.53. The molecule has 0 aliphatic heterocycles. The molecule has 0 spiro atoms. The fourth-order valence-electron chi connectivity index (χ4n) is 1.70. The highest BCUT2D eigenvalue weighted by atomic mass is 16.4. The van der Waals surface area contributed by atoms with Crippen molar-refractivity contribution in [3.63, 3.8) is 0 Å². The number of furan rings is 1. The number of rotatable bonds is 3. The lowest BCUT2D eigenvalue weighted by atomic mass is 10.3. The van der Waals surface area contributed by atoms with Crippen LogP contribution in [0.3, 0.4) is 0 Å². The Balaban J connectivity index is 2.34. The Kier molecular flexibility index (Phi) is 3.01. The molecule has 2 rings (SSSR count). The standard InChI is InChI=1S/C12H12N2O4/c1-7-5-8(2)14(12(17)13-7)6-9-3-4-10(18-9)11(15)16/h3-5H,6H2,1-2H3,(H,15,16). The summed E-state index contributed by atoms with van der Waals surface area (Å²) in [6.07, 6.45) is 0. The van der Waals surface area contributed by atoms with E-state index in [9.17, 15) is 9.59 Å². The van der Waals surface area contributed by atoms with Crippen LogP contribution in [0.15, 0.2) is 27.4 Å². The number of aromatic carboxylic acids is 1. The van der Waals surface area contributed by atoms with Gasteiger partial charge >= 0.3 is 11.7 Å². The topological polar surface area (TPSA) is 85.3 Å². The summed E-state index contributed by atoms with van der Waals surface area (Å²) < 4.78 is 6.53. The molecule has 0 aromatic carbocycles. The predicted molar refractivity (Wildman–Crippen MR) is 62.7 cm³/mol. The first-order valence-corrected chi connectivity index (χ1v) is 5.34. The number of hydrogen-bond donors (Lipinski definition) is 1. The van der Waals surface area contributed by atoms with Gasteiger partial charge in [-0.1, -0.05) is 0 Å². The quantitative estimate of drug-likeness (QED) is 0.882. The van der Waals surface area contributed by atoms with E-state index in [-0.39, 0.29) is 18.0 Å². The summed E-state index contributed by atoms with van der Waals surface area (Å²) in [6.45, 7) is 3.70. The average Bonchev–Trinajstić information content (AvgIpc) is 2.71. The maximum absolute atomic E-state index is 11.7. The van der Waals surface area contributed by atoms with Gasteiger partial charge in [0.25, 0.3) is 0 Å². The molecule has 0 saturated carbocycles. The molecule has 0 aliphatic carbocycles. The Bertz CT molecular complexity index is 654. The normalized spacial score (nSPS) is 10.6. The van der Waals surface area contributed by atoms with Gasteiger partial charge in [-0.25, -0.2) is 9.59 Å². The Morgan fingerprint density at radius 1 is 1.44 bits per heavy atom. The van der Waals surface area contributed by atoms with Crippen LogP contribution in [-0.2, 0) is 6.54 Å². The maximum Gasteiger partial charge on any atom is 0.371 e. The minimum atomic E-state index is -1.13. The summed E-state index contributed by atoms with van der Waals surface area (Å²) in [6, 6.07) is 4.68. The van der Waals surface area contributed by atoms with Crippen LogP contribution in [0, 0.1) is 13.8 Å². The number of hydrogen-bond acceptors (Lipinski definition) is 4. The van der Waals surface area contributed by atoms with Crippen LogP contribution in [0.25, 0.3) is 0 Å². The Hall–Kier alpha value is -2.37. The summed E-state index contributed by atoms with van der Waals surface area (Å²) in [5, 5.41) is 8.74. The van der Waals surface area contributed by atoms with E-state index in [2.05, 4.69) is 4.98 Å². The first kappa shape index (κ1) is 12.1. The van der Waals surface area contributed by atoms with E-state index in [1.54, 1.807) is 19.9 Å². The molecule has 18 heavy (non-hydrogen) atoms. The van der Waals surface area contributed by atoms with Crippen molar-refractivity contribution < 1.29 is 14.3 Å². The highest BCUT2D eigenvalue weighted by Crippen LogP contribution is 2.10. The van der Waals surface area contributed by atoms with Gasteiger partial charge in [-0.15, -0.1) is 0 Å². The van der Waals surface area contributed by atoms with Crippen molar-refractivity contribution in [2.45, 2.75) is 20.4 Å². The molecule has 0 unspecified atom stereocenters. The fourth-order valence-corrected chi connectivity index (χ4v) is 1.70. The third kappa shape index (κ3) is 2.32. The van der Waals surface area contributed by atoms with Gasteiger partial charge in [0, 0.05) is 11.4 Å². The highest BCUT2D eigenvalue weighted by Gasteiger charge is 2.11. The number of carboxylic acid groups (broad SMARTS) is 1. The second-order valence-corrected chi connectivity index (χ2v) is 3.98. The molecule has 0 aliphatic rings. The Morgan fingerprint density at radius 3 is 2.72 bits per heavy atom. The molecule has 1 N–H and O–H groups in total. The zero-order valence-corrected chi connectivity index (χ0v) is 10.0. The van der Waals surface area contributed by atoms with Gasteiger partial charge in [-0.05, 0) is 32.0 Å². The monoisotopic (exact) mass is 248 g/mol. The maximum atomic E-state index is 11.7. The van der Waals surface area contributed by atoms with E-state index < -0.39 is 5.97 Å². The van der Waals surface area contributed by atoms with Crippen molar-refractivity contribution in [2.24, 2.45) is 0 Å². The summed E-state index contributed by atoms with van der Waals surface area (Å²) in [5.74, 6) is -0.869. The molecule has 0 radical (unpaired) electrons. The van der Waals surface area contributed by atoms with Crippen LogP contribution in [-0.4, -0.2) is 20.6 Å². The summed E-state index contributed by atoms with van der Waals surface area (Å²) in [5.41, 5.74) is 1.03. The Labute approximate surface area is 103 Å². The summed E-state index contributed by atoms with van der Waals surface area (Å²) >= 11 is 0. The molecule has 0 saturated heterocycles. The van der Waals surface area contributed by atoms with Gasteiger partial charge < -0.3 is 9.52 Å². The molecule has 2 heterocycles. The molecule has 2 aromatic heterocycles. The lowest BCUT2D eigenvalue weighted by Gasteiger charge is -2.07. The number of carboxylic acids is 1. The number of aromatic nitrogens is 2. The predicted octanol–water partition coefficient (Wildman–Crippen LogP) is 1.20. The van der Waals surface area contributed by atoms with Crippen LogP contribution < -0.4 is 5.69 Å². The first-order chi connectivity index (χ1) is 8.47. The van der Waals surface area contributed by atoms with E-state index >= 15 is 0 Å². The van der Waals surface area contributed by atoms with E-state index in [1.807, 2.05) is 0 Å². The van der Waals surface area contributed by atoms with Crippen molar-refractivity contribution in [1.29, 1.82) is 0 Å². The number of nitrogens with zero attached hydrogens (tertiary/aromatic N) is 2. The molecule has 0 atom stereocenters. The molecule has 6 heteroatoms. The van der Waals surface area contributed by atoms with Gasteiger partial charge in [-0.3, -0.25) is 4.57 Å². The molecular formula is C12H12N2O4. The van der Waals surface area contributed by atoms with Crippen LogP contribution in [0.2, 0.25) is 0 Å². The number of aryl methyl sites for hydroxylation is 2. The lowest BCUT2D eigenvalue weighted by molar-refractivity contribution is 0.0660. The van der Waals surface area contributed by atoms with Crippen LogP contribution in [0.5, 0.6) is 0 Å². The van der Waals surface area contributed by atoms with Gasteiger partial charge in [0.2, 0.25) is 5.76 Å². The zero-order valence-electron chi connectivity index (χ0n) is 10.0. The molecule has 0 bridgehead atoms. The van der Waals surface area contributed by atoms with Gasteiger partial charge in [0.1, 0.15) is 5.76 Å². The second-order valence-electron chi connectivity index (χ2n) is 3.98. The summed E-state index contributed by atoms with van der Waals surface area (Å²) in [4.78, 5) is 26.2. The molecule has 0 fully saturated rings. The second kappa shape index (κ2) is 4.48. The van der Waals surface area contributed by atoms with Gasteiger partial charge in [0.15, 0.2) is 0 Å². The molecule has 94 valence electrons. The molecule has 0 amide bonds. The minimum absolute atomic E-state index is 0.143. The van der Waals surface area contributed by atoms with E-state index in [0.29, 0.717) is 11.5 Å². The van der Waals surface area contributed by atoms with Crippen molar-refractivity contribution in [3.8, 4) is 0 Å². The average molecular weight is 248 g/mol. The molecule has 2 aromatic rings. The molecule has 6 nitrogen and oxygen atoms in total. The van der Waals surface area contributed by atoms with Crippen molar-refractivity contribution in [3.05, 3.63) is 51.6 Å². The van der Waals surface area contributed by atoms with E-state index in [0.717, 1.165) is 5.69 Å². The van der Waals surface area contributed by atoms with Crippen LogP contribution >= 0.6 is 0 Å². The van der Waals surface area contributed by atoms with Crippen molar-refractivity contribution in [2.75, 3.05) is 0 Å². The molecular weight excluding hydrogens is 236 g/mol. The Morgan fingerprint density at radius 2 is 2.17 bits per heavy atom. The largest absolute Gasteiger partial charge is 0.475 e. The lowest BCUT2D eigenvalue weighted by Crippen LogP contribution is -2.25. The van der Waals surface area contributed by atoms with Crippen LogP contribution in [0.1, 0.15) is 27.7 Å². The van der Waals surface area contributed by atoms with Crippen LogP contribution in [0.4, 0.5) is 0 Å².